The molecule has 0 saturated heterocycles. The second kappa shape index (κ2) is 3.84. The molecule has 0 aliphatic carbocycles. The first-order chi connectivity index (χ1) is 7.71. The Morgan fingerprint density at radius 2 is 1.41 bits per heavy atom. The Balaban J connectivity index is 2.82. The van der Waals surface area contributed by atoms with Crippen LogP contribution >= 0.6 is 11.3 Å². The van der Waals surface area contributed by atoms with Crippen LogP contribution in [0.4, 0.5) is 0 Å². The van der Waals surface area contributed by atoms with Crippen molar-refractivity contribution < 1.29 is 0 Å². The molecule has 2 rings (SSSR count). The van der Waals surface area contributed by atoms with E-state index in [0.29, 0.717) is 0 Å². The lowest BCUT2D eigenvalue weighted by molar-refractivity contribution is 0.582. The molecule has 0 saturated carbocycles. The minimum Gasteiger partial charge on any atom is -0.143 e. The molecule has 0 spiro atoms. The third kappa shape index (κ3) is 2.26. The van der Waals surface area contributed by atoms with Gasteiger partial charge >= 0.3 is 0 Å². The highest BCUT2D eigenvalue weighted by Gasteiger charge is 2.24. The summed E-state index contributed by atoms with van der Waals surface area (Å²) >= 11 is 1.87. The highest BCUT2D eigenvalue weighted by molar-refractivity contribution is 7.17. The molecule has 1 aromatic heterocycles. The Hall–Kier alpha value is -0.820. The van der Waals surface area contributed by atoms with Gasteiger partial charge in [0, 0.05) is 4.70 Å². The Labute approximate surface area is 109 Å². The van der Waals surface area contributed by atoms with E-state index < -0.39 is 0 Å². The number of thiophene rings is 1. The molecule has 0 amide bonds. The van der Waals surface area contributed by atoms with Crippen molar-refractivity contribution in [1.82, 2.24) is 0 Å². The number of fused-ring (bicyclic) bond motifs is 1. The van der Waals surface area contributed by atoms with Crippen molar-refractivity contribution >= 4 is 21.4 Å². The summed E-state index contributed by atoms with van der Waals surface area (Å²) in [5.74, 6) is 0. The lowest BCUT2D eigenvalue weighted by Crippen LogP contribution is -2.15. The fourth-order valence-corrected chi connectivity index (χ4v) is 3.48. The molecule has 1 aromatic carbocycles. The minimum atomic E-state index is 0.209. The van der Waals surface area contributed by atoms with Gasteiger partial charge in [-0.15, -0.1) is 11.3 Å². The molecule has 0 N–H and O–H groups in total. The molecule has 0 fully saturated rings. The van der Waals surface area contributed by atoms with E-state index in [1.165, 1.54) is 21.2 Å². The van der Waals surface area contributed by atoms with E-state index in [9.17, 15) is 0 Å². The molecule has 92 valence electrons. The predicted octanol–water partition coefficient (Wildman–Crippen LogP) is 5.50. The minimum absolute atomic E-state index is 0.209. The van der Waals surface area contributed by atoms with E-state index in [1.54, 1.807) is 0 Å². The molecule has 0 atom stereocenters. The second-order valence-corrected chi connectivity index (χ2v) is 7.74. The summed E-state index contributed by atoms with van der Waals surface area (Å²) in [5, 5.41) is 3.82. The van der Waals surface area contributed by atoms with Gasteiger partial charge in [-0.25, -0.2) is 0 Å². The summed E-state index contributed by atoms with van der Waals surface area (Å²) < 4.78 is 1.42. The SMILES string of the molecule is CC(C)(C)c1cccc2scc(C(C)(C)C)c12. The monoisotopic (exact) mass is 246 g/mol. The third-order valence-electron chi connectivity index (χ3n) is 3.22. The van der Waals surface area contributed by atoms with E-state index in [2.05, 4.69) is 65.1 Å². The van der Waals surface area contributed by atoms with Crippen molar-refractivity contribution in [2.24, 2.45) is 0 Å². The van der Waals surface area contributed by atoms with Crippen LogP contribution in [0.5, 0.6) is 0 Å². The summed E-state index contributed by atoms with van der Waals surface area (Å²) in [5.41, 5.74) is 3.39. The van der Waals surface area contributed by atoms with Crippen LogP contribution in [-0.4, -0.2) is 0 Å². The third-order valence-corrected chi connectivity index (χ3v) is 4.16. The number of hydrogen-bond acceptors (Lipinski definition) is 1. The maximum Gasteiger partial charge on any atom is 0.0348 e. The van der Waals surface area contributed by atoms with Gasteiger partial charge in [0.15, 0.2) is 0 Å². The maximum absolute atomic E-state index is 2.33. The van der Waals surface area contributed by atoms with Crippen molar-refractivity contribution in [3.05, 3.63) is 34.7 Å². The van der Waals surface area contributed by atoms with Crippen LogP contribution in [-0.2, 0) is 10.8 Å². The topological polar surface area (TPSA) is 0 Å². The Morgan fingerprint density at radius 1 is 0.824 bits per heavy atom. The largest absolute Gasteiger partial charge is 0.143 e. The first kappa shape index (κ1) is 12.6. The molecule has 0 bridgehead atoms. The molecule has 0 nitrogen and oxygen atoms in total. The number of rotatable bonds is 0. The molecule has 0 aliphatic rings. The highest BCUT2D eigenvalue weighted by Crippen LogP contribution is 2.40. The van der Waals surface area contributed by atoms with Gasteiger partial charge in [0.1, 0.15) is 0 Å². The van der Waals surface area contributed by atoms with Crippen molar-refractivity contribution in [2.75, 3.05) is 0 Å². The maximum atomic E-state index is 2.33. The Kier molecular flexibility index (Phi) is 2.86. The van der Waals surface area contributed by atoms with Crippen LogP contribution in [0.2, 0.25) is 0 Å². The molecule has 1 heterocycles. The van der Waals surface area contributed by atoms with Crippen LogP contribution < -0.4 is 0 Å². The summed E-state index contributed by atoms with van der Waals surface area (Å²) in [6.45, 7) is 13.8. The molecule has 0 unspecified atom stereocenters. The molecule has 1 heteroatoms. The van der Waals surface area contributed by atoms with Gasteiger partial charge in [0.25, 0.3) is 0 Å². The van der Waals surface area contributed by atoms with Gasteiger partial charge < -0.3 is 0 Å². The lowest BCUT2D eigenvalue weighted by atomic mass is 9.79. The zero-order valence-electron chi connectivity index (χ0n) is 11.7. The van der Waals surface area contributed by atoms with Crippen molar-refractivity contribution in [2.45, 2.75) is 52.4 Å². The van der Waals surface area contributed by atoms with E-state index in [4.69, 9.17) is 0 Å². The average molecular weight is 246 g/mol. The zero-order chi connectivity index (χ0) is 12.8. The fraction of sp³-hybridized carbons (Fsp3) is 0.500. The second-order valence-electron chi connectivity index (χ2n) is 6.83. The molecule has 17 heavy (non-hydrogen) atoms. The molecule has 0 aliphatic heterocycles. The van der Waals surface area contributed by atoms with Crippen molar-refractivity contribution in [1.29, 1.82) is 0 Å². The van der Waals surface area contributed by atoms with Crippen molar-refractivity contribution in [3.63, 3.8) is 0 Å². The Bertz CT molecular complexity index is 533. The summed E-state index contributed by atoms with van der Waals surface area (Å²) in [6.07, 6.45) is 0. The quantitative estimate of drug-likeness (QED) is 0.576. The normalized spacial score (nSPS) is 13.3. The van der Waals surface area contributed by atoms with Crippen LogP contribution in [0.1, 0.15) is 52.7 Å². The van der Waals surface area contributed by atoms with Gasteiger partial charge in [-0.05, 0) is 38.8 Å². The van der Waals surface area contributed by atoms with Crippen LogP contribution in [0.3, 0.4) is 0 Å². The molecular weight excluding hydrogens is 224 g/mol. The van der Waals surface area contributed by atoms with Crippen LogP contribution in [0, 0.1) is 0 Å². The van der Waals surface area contributed by atoms with E-state index in [-0.39, 0.29) is 10.8 Å². The van der Waals surface area contributed by atoms with Gasteiger partial charge in [0.2, 0.25) is 0 Å². The van der Waals surface area contributed by atoms with Gasteiger partial charge in [-0.1, -0.05) is 53.7 Å². The smallest absolute Gasteiger partial charge is 0.0348 e. The Morgan fingerprint density at radius 3 is 1.94 bits per heavy atom. The van der Waals surface area contributed by atoms with Gasteiger partial charge in [-0.2, -0.15) is 0 Å². The van der Waals surface area contributed by atoms with Crippen molar-refractivity contribution in [3.8, 4) is 0 Å². The zero-order valence-corrected chi connectivity index (χ0v) is 12.5. The summed E-state index contributed by atoms with van der Waals surface area (Å²) in [4.78, 5) is 0. The predicted molar refractivity (Wildman–Crippen MR) is 79.2 cm³/mol. The number of hydrogen-bond donors (Lipinski definition) is 0. The molecule has 0 radical (unpaired) electrons. The average Bonchev–Trinajstić information content (AvgIpc) is 2.57. The highest BCUT2D eigenvalue weighted by atomic mass is 32.1. The summed E-state index contributed by atoms with van der Waals surface area (Å²) in [6, 6.07) is 6.71. The van der Waals surface area contributed by atoms with E-state index >= 15 is 0 Å². The number of benzene rings is 1. The molecule has 2 aromatic rings. The first-order valence-electron chi connectivity index (χ1n) is 6.22. The van der Waals surface area contributed by atoms with E-state index in [0.717, 1.165) is 0 Å². The fourth-order valence-electron chi connectivity index (χ4n) is 2.27. The standard InChI is InChI=1S/C16H22S/c1-15(2,3)11-8-7-9-13-14(11)12(10-17-13)16(4,5)6/h7-10H,1-6H3. The van der Waals surface area contributed by atoms with Gasteiger partial charge in [0.05, 0.1) is 0 Å². The molecular formula is C16H22S. The summed E-state index contributed by atoms with van der Waals surface area (Å²) in [7, 11) is 0. The van der Waals surface area contributed by atoms with Crippen LogP contribution in [0.25, 0.3) is 10.1 Å². The van der Waals surface area contributed by atoms with E-state index in [1.807, 2.05) is 11.3 Å². The van der Waals surface area contributed by atoms with Gasteiger partial charge in [-0.3, -0.25) is 0 Å². The lowest BCUT2D eigenvalue weighted by Gasteiger charge is -2.24. The first-order valence-corrected chi connectivity index (χ1v) is 7.10. The van der Waals surface area contributed by atoms with Crippen LogP contribution in [0.15, 0.2) is 23.6 Å².